The number of ether oxygens (including phenoxy) is 2. The lowest BCUT2D eigenvalue weighted by Crippen LogP contribution is -2.34. The summed E-state index contributed by atoms with van der Waals surface area (Å²) in [5.41, 5.74) is 6.18. The van der Waals surface area contributed by atoms with Gasteiger partial charge in [0.2, 0.25) is 0 Å². The second-order valence-corrected chi connectivity index (χ2v) is 8.02. The highest BCUT2D eigenvalue weighted by atomic mass is 79.9. The van der Waals surface area contributed by atoms with Crippen molar-refractivity contribution in [1.82, 2.24) is 9.71 Å². The van der Waals surface area contributed by atoms with E-state index in [-0.39, 0.29) is 16.5 Å². The van der Waals surface area contributed by atoms with Crippen LogP contribution in [0.5, 0.6) is 5.75 Å². The second kappa shape index (κ2) is 9.02. The molecular formula is C16H19BrN4O5S. The fraction of sp³-hybridized carbons (Fsp3) is 0.250. The summed E-state index contributed by atoms with van der Waals surface area (Å²) >= 11 is 3.21. The number of rotatable bonds is 7. The van der Waals surface area contributed by atoms with Gasteiger partial charge in [0.1, 0.15) is 24.0 Å². The number of hydrogen-bond acceptors (Lipinski definition) is 7. The molecule has 0 bridgehead atoms. The van der Waals surface area contributed by atoms with Crippen molar-refractivity contribution in [2.75, 3.05) is 31.4 Å². The van der Waals surface area contributed by atoms with Crippen molar-refractivity contribution in [2.45, 2.75) is 11.8 Å². The zero-order valence-corrected chi connectivity index (χ0v) is 17.1. The Kier molecular flexibility index (Phi) is 6.99. The van der Waals surface area contributed by atoms with Crippen LogP contribution in [0.25, 0.3) is 0 Å². The molecule has 0 radical (unpaired) electrons. The molecule has 0 fully saturated rings. The molecular weight excluding hydrogens is 440 g/mol. The van der Waals surface area contributed by atoms with Crippen LogP contribution in [-0.2, 0) is 14.8 Å². The topological polar surface area (TPSA) is 133 Å². The summed E-state index contributed by atoms with van der Waals surface area (Å²) in [5, 5.41) is 2.32. The van der Waals surface area contributed by atoms with E-state index in [1.165, 1.54) is 24.3 Å². The largest absolute Gasteiger partial charge is 0.491 e. The minimum Gasteiger partial charge on any atom is -0.491 e. The number of nitrogens with zero attached hydrogens (tertiary/aromatic N) is 1. The number of urea groups is 1. The summed E-state index contributed by atoms with van der Waals surface area (Å²) in [6.07, 6.45) is 0. The van der Waals surface area contributed by atoms with E-state index in [4.69, 9.17) is 15.2 Å². The molecule has 27 heavy (non-hydrogen) atoms. The third-order valence-corrected chi connectivity index (χ3v) is 5.07. The van der Waals surface area contributed by atoms with Crippen LogP contribution in [0, 0.1) is 6.92 Å². The molecule has 0 spiro atoms. The second-order valence-electron chi connectivity index (χ2n) is 5.42. The van der Waals surface area contributed by atoms with Crippen molar-refractivity contribution in [3.63, 3.8) is 0 Å². The molecule has 0 aliphatic rings. The van der Waals surface area contributed by atoms with Gasteiger partial charge in [-0.1, -0.05) is 15.9 Å². The van der Waals surface area contributed by atoms with Crippen LogP contribution in [0.3, 0.4) is 0 Å². The first kappa shape index (κ1) is 20.9. The van der Waals surface area contributed by atoms with Crippen molar-refractivity contribution in [3.05, 3.63) is 40.4 Å². The molecule has 9 nitrogen and oxygen atoms in total. The molecule has 0 aliphatic carbocycles. The maximum atomic E-state index is 12.4. The molecule has 146 valence electrons. The van der Waals surface area contributed by atoms with Gasteiger partial charge in [0.25, 0.3) is 10.0 Å². The van der Waals surface area contributed by atoms with Gasteiger partial charge >= 0.3 is 6.03 Å². The van der Waals surface area contributed by atoms with Crippen LogP contribution in [-0.4, -0.2) is 39.8 Å². The average molecular weight is 459 g/mol. The van der Waals surface area contributed by atoms with Crippen molar-refractivity contribution in [3.8, 4) is 5.75 Å². The highest BCUT2D eigenvalue weighted by Crippen LogP contribution is 2.22. The number of halogens is 1. The molecule has 0 unspecified atom stereocenters. The lowest BCUT2D eigenvalue weighted by Gasteiger charge is -2.12. The van der Waals surface area contributed by atoms with Crippen molar-refractivity contribution in [1.29, 1.82) is 0 Å². The van der Waals surface area contributed by atoms with E-state index < -0.39 is 16.1 Å². The number of sulfonamides is 1. The molecule has 0 saturated carbocycles. The highest BCUT2D eigenvalue weighted by Gasteiger charge is 2.19. The fourth-order valence-corrected chi connectivity index (χ4v) is 3.53. The smallest absolute Gasteiger partial charge is 0.334 e. The normalized spacial score (nSPS) is 11.1. The number of nitrogen functional groups attached to an aromatic ring is 1. The number of hydrogen-bond donors (Lipinski definition) is 3. The molecule has 0 atom stereocenters. The molecule has 2 amide bonds. The van der Waals surface area contributed by atoms with Gasteiger partial charge in [-0.05, 0) is 42.8 Å². The summed E-state index contributed by atoms with van der Waals surface area (Å²) in [6.45, 7) is 2.46. The summed E-state index contributed by atoms with van der Waals surface area (Å²) in [6, 6.07) is 6.34. The lowest BCUT2D eigenvalue weighted by molar-refractivity contribution is 0.146. The molecule has 0 saturated heterocycles. The highest BCUT2D eigenvalue weighted by molar-refractivity contribution is 9.10. The van der Waals surface area contributed by atoms with Crippen LogP contribution < -0.4 is 20.5 Å². The Morgan fingerprint density at radius 3 is 2.63 bits per heavy atom. The van der Waals surface area contributed by atoms with Gasteiger partial charge in [0.05, 0.1) is 11.5 Å². The molecule has 4 N–H and O–H groups in total. The molecule has 2 aromatic rings. The molecule has 2 rings (SSSR count). The van der Waals surface area contributed by atoms with E-state index in [2.05, 4.69) is 26.2 Å². The summed E-state index contributed by atoms with van der Waals surface area (Å²) in [5.74, 6) is 0.805. The number of anilines is 2. The van der Waals surface area contributed by atoms with Crippen molar-refractivity contribution >= 4 is 43.6 Å². The van der Waals surface area contributed by atoms with Gasteiger partial charge in [-0.15, -0.1) is 0 Å². The van der Waals surface area contributed by atoms with Gasteiger partial charge in [-0.3, -0.25) is 5.32 Å². The van der Waals surface area contributed by atoms with Crippen LogP contribution in [0.2, 0.25) is 0 Å². The maximum absolute atomic E-state index is 12.4. The van der Waals surface area contributed by atoms with E-state index in [1.807, 2.05) is 4.72 Å². The van der Waals surface area contributed by atoms with Gasteiger partial charge < -0.3 is 15.2 Å². The van der Waals surface area contributed by atoms with Crippen molar-refractivity contribution in [2.24, 2.45) is 0 Å². The van der Waals surface area contributed by atoms with Crippen molar-refractivity contribution < 1.29 is 22.7 Å². The standard InChI is InChI=1S/C16H19BrN4O5S/c1-10-7-12(3-4-13(10)26-6-5-25-2)27(23,24)21-16(22)20-15-9-11(17)8-14(18)19-15/h3-4,7-9H,5-6H2,1-2H3,(H4,18,19,20,21,22). The number of carbonyl (C=O) groups excluding carboxylic acids is 1. The fourth-order valence-electron chi connectivity index (χ4n) is 2.09. The zero-order chi connectivity index (χ0) is 20.0. The first-order chi connectivity index (χ1) is 12.7. The van der Waals surface area contributed by atoms with Crippen LogP contribution in [0.4, 0.5) is 16.4 Å². The Bertz CT molecular complexity index is 916. The Morgan fingerprint density at radius 2 is 2.00 bits per heavy atom. The number of pyridine rings is 1. The number of amides is 2. The average Bonchev–Trinajstić information content (AvgIpc) is 2.54. The molecule has 1 aromatic carbocycles. The van der Waals surface area contributed by atoms with Crippen LogP contribution >= 0.6 is 15.9 Å². The lowest BCUT2D eigenvalue weighted by atomic mass is 10.2. The maximum Gasteiger partial charge on any atom is 0.334 e. The van der Waals surface area contributed by atoms with Gasteiger partial charge in [-0.2, -0.15) is 0 Å². The third-order valence-electron chi connectivity index (χ3n) is 3.28. The first-order valence-corrected chi connectivity index (χ1v) is 9.98. The number of nitrogens with two attached hydrogens (primary N) is 1. The van der Waals surface area contributed by atoms with Crippen LogP contribution in [0.1, 0.15) is 5.56 Å². The molecule has 0 aliphatic heterocycles. The third kappa shape index (κ3) is 6.08. The molecule has 1 heterocycles. The number of carbonyl (C=O) groups is 1. The Labute approximate surface area is 165 Å². The van der Waals surface area contributed by atoms with Gasteiger partial charge in [0.15, 0.2) is 0 Å². The summed E-state index contributed by atoms with van der Waals surface area (Å²) < 4.78 is 37.7. The van der Waals surface area contributed by atoms with Gasteiger partial charge in [-0.25, -0.2) is 22.9 Å². The predicted octanol–water partition coefficient (Wildman–Crippen LogP) is 2.27. The number of benzene rings is 1. The van der Waals surface area contributed by atoms with E-state index in [0.29, 0.717) is 29.0 Å². The Hall–Kier alpha value is -2.37. The Morgan fingerprint density at radius 1 is 1.26 bits per heavy atom. The van der Waals surface area contributed by atoms with E-state index in [0.717, 1.165) is 0 Å². The minimum atomic E-state index is -4.08. The van der Waals surface area contributed by atoms with Crippen LogP contribution in [0.15, 0.2) is 39.7 Å². The quantitative estimate of drug-likeness (QED) is 0.541. The predicted molar refractivity (Wildman–Crippen MR) is 104 cm³/mol. The first-order valence-electron chi connectivity index (χ1n) is 7.70. The van der Waals surface area contributed by atoms with Gasteiger partial charge in [0, 0.05) is 11.6 Å². The molecule has 11 heteroatoms. The summed E-state index contributed by atoms with van der Waals surface area (Å²) in [4.78, 5) is 15.8. The minimum absolute atomic E-state index is 0.0732. The van der Waals surface area contributed by atoms with E-state index in [1.54, 1.807) is 20.1 Å². The monoisotopic (exact) mass is 458 g/mol. The Balaban J connectivity index is 2.08. The van der Waals surface area contributed by atoms with E-state index in [9.17, 15) is 13.2 Å². The number of nitrogens with one attached hydrogen (secondary N) is 2. The number of methoxy groups -OCH3 is 1. The van der Waals surface area contributed by atoms with E-state index >= 15 is 0 Å². The SMILES string of the molecule is COCCOc1ccc(S(=O)(=O)NC(=O)Nc2cc(Br)cc(N)n2)cc1C. The summed E-state index contributed by atoms with van der Waals surface area (Å²) in [7, 11) is -2.52. The molecule has 1 aromatic heterocycles. The number of aromatic nitrogens is 1. The zero-order valence-electron chi connectivity index (χ0n) is 14.7. The number of aryl methyl sites for hydroxylation is 1.